The molecule has 0 radical (unpaired) electrons. The van der Waals surface area contributed by atoms with E-state index in [2.05, 4.69) is 111 Å². The molecule has 0 spiro atoms. The van der Waals surface area contributed by atoms with E-state index in [1.807, 2.05) is 0 Å². The van der Waals surface area contributed by atoms with E-state index in [4.69, 9.17) is 0 Å². The Morgan fingerprint density at radius 2 is 0.787 bits per heavy atom. The van der Waals surface area contributed by atoms with Crippen LogP contribution in [0.5, 0.6) is 0 Å². The number of nitrogens with zero attached hydrogens (tertiary/aromatic N) is 2. The van der Waals surface area contributed by atoms with E-state index in [9.17, 15) is 0 Å². The lowest BCUT2D eigenvalue weighted by molar-refractivity contribution is -0.00527. The maximum atomic E-state index is 3.05. The van der Waals surface area contributed by atoms with Crippen LogP contribution in [0.1, 0.15) is 176 Å². The van der Waals surface area contributed by atoms with Gasteiger partial charge in [-0.3, -0.25) is 0 Å². The maximum Gasteiger partial charge on any atom is 0.333 e. The molecule has 0 saturated heterocycles. The summed E-state index contributed by atoms with van der Waals surface area (Å²) in [4.78, 5) is 0. The van der Waals surface area contributed by atoms with Gasteiger partial charge in [0.25, 0.3) is 0 Å². The normalized spacial score (nSPS) is 40.2. The third kappa shape index (κ3) is 5.31. The first-order valence-corrected chi connectivity index (χ1v) is 34.3. The first kappa shape index (κ1) is 43.8. The smallest absolute Gasteiger partial charge is 0.333 e. The molecule has 6 aromatic carbocycles. The fourth-order valence-electron chi connectivity index (χ4n) is 27.4. The molecule has 16 saturated carbocycles. The highest BCUT2D eigenvalue weighted by molar-refractivity contribution is 7.26. The van der Waals surface area contributed by atoms with Crippen molar-refractivity contribution in [2.24, 2.45) is 71.0 Å². The van der Waals surface area contributed by atoms with Gasteiger partial charge in [0.2, 0.25) is 0 Å². The molecular weight excluding hydrogens is 984 g/mol. The molecule has 16 fully saturated rings. The Labute approximate surface area is 475 Å². The first-order valence-electron chi connectivity index (χ1n) is 33.5. The fourth-order valence-corrected chi connectivity index (χ4v) is 28.6. The van der Waals surface area contributed by atoms with Gasteiger partial charge in [-0.15, -0.1) is 11.3 Å². The molecule has 18 aliphatic rings. The number of hydrogen-bond acceptors (Lipinski definition) is 1. The Kier molecular flexibility index (Phi) is 7.79. The zero-order valence-corrected chi connectivity index (χ0v) is 47.8. The highest BCUT2D eigenvalue weighted by atomic mass is 32.1. The topological polar surface area (TPSA) is 9.86 Å². The SMILES string of the molecule is c1ccc2c(c1)sc1c3c4c(cc12)-c1cc(C25CC6CC(CC(C6)C2)C5)cc2c5cc(C67CC8CC(CC(C8)C6)C7)ccc5n(c12)B4c1cc(C24CC5CC(CC(C5)C2)C4)cc2c4cc(C56CC7CC(CC(C7)C5)C6)ccc4n-3c12. The molecule has 3 aromatic heterocycles. The van der Waals surface area contributed by atoms with Gasteiger partial charge in [-0.2, -0.15) is 0 Å². The van der Waals surface area contributed by atoms with Crippen LogP contribution >= 0.6 is 11.3 Å². The second-order valence-corrected chi connectivity index (χ2v) is 34.0. The molecule has 0 unspecified atom stereocenters. The van der Waals surface area contributed by atoms with Gasteiger partial charge in [0, 0.05) is 53.6 Å². The predicted octanol–water partition coefficient (Wildman–Crippen LogP) is 18.1. The molecule has 4 heteroatoms. The van der Waals surface area contributed by atoms with Crippen molar-refractivity contribution >= 4 is 92.9 Å². The van der Waals surface area contributed by atoms with Gasteiger partial charge in [-0.1, -0.05) is 36.4 Å². The van der Waals surface area contributed by atoms with Gasteiger partial charge in [0.15, 0.2) is 0 Å². The molecule has 0 N–H and O–H groups in total. The van der Waals surface area contributed by atoms with E-state index < -0.39 is 0 Å². The number of aromatic nitrogens is 2. The second kappa shape index (κ2) is 14.2. The molecule has 80 heavy (non-hydrogen) atoms. The quantitative estimate of drug-likeness (QED) is 0.156. The third-order valence-electron chi connectivity index (χ3n) is 28.4. The monoisotopic (exact) mass is 1060 g/mol. The Balaban J connectivity index is 0.857. The molecule has 9 aromatic rings. The van der Waals surface area contributed by atoms with Crippen molar-refractivity contribution in [1.82, 2.24) is 9.05 Å². The Bertz CT molecular complexity index is 4240. The molecule has 2 aliphatic heterocycles. The van der Waals surface area contributed by atoms with Crippen LogP contribution in [0.15, 0.2) is 91.0 Å². The average molecular weight is 1060 g/mol. The van der Waals surface area contributed by atoms with Gasteiger partial charge in [-0.25, -0.2) is 0 Å². The van der Waals surface area contributed by atoms with Crippen molar-refractivity contribution in [1.29, 1.82) is 0 Å². The fraction of sp³-hybridized carbons (Fsp3) is 0.526. The van der Waals surface area contributed by atoms with Gasteiger partial charge >= 0.3 is 6.85 Å². The van der Waals surface area contributed by atoms with Crippen LogP contribution < -0.4 is 10.9 Å². The van der Waals surface area contributed by atoms with Crippen LogP contribution in [0.4, 0.5) is 0 Å². The summed E-state index contributed by atoms with van der Waals surface area (Å²) < 4.78 is 8.94. The van der Waals surface area contributed by atoms with Crippen molar-refractivity contribution < 1.29 is 0 Å². The Hall–Kier alpha value is -4.80. The summed E-state index contributed by atoms with van der Waals surface area (Å²) in [7, 11) is 0. The summed E-state index contributed by atoms with van der Waals surface area (Å²) in [6.07, 6.45) is 35.0. The number of benzene rings is 6. The van der Waals surface area contributed by atoms with E-state index in [1.165, 1.54) is 191 Å². The highest BCUT2D eigenvalue weighted by Gasteiger charge is 2.57. The van der Waals surface area contributed by atoms with E-state index in [0.29, 0.717) is 21.7 Å². The van der Waals surface area contributed by atoms with Crippen LogP contribution in [-0.4, -0.2) is 15.9 Å². The minimum atomic E-state index is 0.105. The lowest BCUT2D eigenvalue weighted by Gasteiger charge is -2.57. The van der Waals surface area contributed by atoms with Crippen LogP contribution in [0, 0.1) is 71.0 Å². The van der Waals surface area contributed by atoms with Gasteiger partial charge in [0.05, 0.1) is 21.4 Å². The number of fused-ring (bicyclic) bond motifs is 14. The zero-order valence-electron chi connectivity index (χ0n) is 46.9. The number of rotatable bonds is 4. The molecule has 2 nitrogen and oxygen atoms in total. The lowest BCUT2D eigenvalue weighted by atomic mass is 9.44. The van der Waals surface area contributed by atoms with E-state index in [1.54, 1.807) is 76.9 Å². The van der Waals surface area contributed by atoms with Crippen molar-refractivity contribution in [2.75, 3.05) is 0 Å². The zero-order chi connectivity index (χ0) is 51.1. The Morgan fingerprint density at radius 3 is 1.30 bits per heavy atom. The van der Waals surface area contributed by atoms with E-state index >= 15 is 0 Å². The summed E-state index contributed by atoms with van der Waals surface area (Å²) in [5.41, 5.74) is 22.1. The molecule has 27 rings (SSSR count). The van der Waals surface area contributed by atoms with Gasteiger partial charge < -0.3 is 9.05 Å². The minimum Gasteiger partial charge on any atom is -0.375 e. The third-order valence-corrected chi connectivity index (χ3v) is 29.6. The van der Waals surface area contributed by atoms with Crippen LogP contribution in [0.2, 0.25) is 0 Å². The summed E-state index contributed by atoms with van der Waals surface area (Å²) >= 11 is 2.10. The molecule has 16 aliphatic carbocycles. The maximum absolute atomic E-state index is 3.05. The molecule has 398 valence electrons. The first-order chi connectivity index (χ1) is 39.2. The summed E-state index contributed by atoms with van der Waals surface area (Å²) in [6, 6.07) is 40.6. The second-order valence-electron chi connectivity index (χ2n) is 32.9. The van der Waals surface area contributed by atoms with Gasteiger partial charge in [-0.05, 0) is 340 Å². The molecule has 5 heterocycles. The molecular formula is C76H75BN2S. The van der Waals surface area contributed by atoms with Crippen LogP contribution in [-0.2, 0) is 21.7 Å². The molecule has 0 amide bonds. The van der Waals surface area contributed by atoms with E-state index in [-0.39, 0.29) is 6.85 Å². The standard InChI is InChI=1S/C76H75BN2S/c1-2-4-67-56(3-1)63-27-59-62-24-54(75-34-46-15-47(35-75)17-48(16-46)36-75)23-60-58-22-53(74-31-43-12-44(32-74)14-45(13-43)33-74)6-8-66(58)79(69(60)62)77-64-26-55(76-37-49-18-50(38-76)20-51(19-49)39-76)25-61-57-21-52(73-28-40-9-41(29-73)11-42(10-40)30-73)5-7-65(57)78(70(61)64)71(68(59)77)72(63)80-67/h1-8,21-27,40-51H,9-20,28-39H2. The Morgan fingerprint density at radius 1 is 0.362 bits per heavy atom. The largest absolute Gasteiger partial charge is 0.375 e. The highest BCUT2D eigenvalue weighted by Crippen LogP contribution is 2.66. The summed E-state index contributed by atoms with van der Waals surface area (Å²) in [5, 5.41) is 9.26. The average Bonchev–Trinajstić information content (AvgIpc) is 4.23. The van der Waals surface area contributed by atoms with Crippen molar-refractivity contribution in [3.63, 3.8) is 0 Å². The van der Waals surface area contributed by atoms with Crippen molar-refractivity contribution in [2.45, 2.75) is 176 Å². The van der Waals surface area contributed by atoms with Crippen molar-refractivity contribution in [3.05, 3.63) is 113 Å². The predicted molar refractivity (Wildman–Crippen MR) is 332 cm³/mol. The van der Waals surface area contributed by atoms with Crippen LogP contribution in [0.3, 0.4) is 0 Å². The van der Waals surface area contributed by atoms with Gasteiger partial charge in [0.1, 0.15) is 0 Å². The van der Waals surface area contributed by atoms with E-state index in [0.717, 1.165) is 71.0 Å². The number of thiophene rings is 1. The summed E-state index contributed by atoms with van der Waals surface area (Å²) in [6.45, 7) is 0.105. The minimum absolute atomic E-state index is 0.105. The van der Waals surface area contributed by atoms with Crippen molar-refractivity contribution in [3.8, 4) is 16.8 Å². The van der Waals surface area contributed by atoms with Crippen LogP contribution in [0.25, 0.3) is 80.6 Å². The summed E-state index contributed by atoms with van der Waals surface area (Å²) in [5.74, 6) is 11.1. The molecule has 0 atom stereocenters. The lowest BCUT2D eigenvalue weighted by Crippen LogP contribution is -2.56. The molecule has 16 bridgehead atoms. The number of hydrogen-bond donors (Lipinski definition) is 0.